The highest BCUT2D eigenvalue weighted by Crippen LogP contribution is 2.20. The van der Waals surface area contributed by atoms with Gasteiger partial charge in [-0.15, -0.1) is 0 Å². The van der Waals surface area contributed by atoms with Crippen LogP contribution in [0.3, 0.4) is 0 Å². The summed E-state index contributed by atoms with van der Waals surface area (Å²) >= 11 is 0. The molecule has 0 aliphatic heterocycles. The Bertz CT molecular complexity index is 925. The normalized spacial score (nSPS) is 12.7. The molecule has 7 heteroatoms. The summed E-state index contributed by atoms with van der Waals surface area (Å²) in [7, 11) is -3.61. The van der Waals surface area contributed by atoms with E-state index in [4.69, 9.17) is 4.74 Å². The minimum atomic E-state index is -3.61. The van der Waals surface area contributed by atoms with E-state index in [1.807, 2.05) is 37.3 Å². The summed E-state index contributed by atoms with van der Waals surface area (Å²) in [4.78, 5) is 12.8. The molecule has 0 aromatic heterocycles. The molecule has 1 unspecified atom stereocenters. The van der Waals surface area contributed by atoms with E-state index >= 15 is 0 Å². The first-order valence-electron chi connectivity index (χ1n) is 10.4. The van der Waals surface area contributed by atoms with E-state index in [1.54, 1.807) is 32.9 Å². The van der Waals surface area contributed by atoms with Gasteiger partial charge in [0.1, 0.15) is 0 Å². The van der Waals surface area contributed by atoms with Crippen molar-refractivity contribution in [2.24, 2.45) is 0 Å². The van der Waals surface area contributed by atoms with E-state index in [0.717, 1.165) is 11.1 Å². The molecule has 0 heterocycles. The van der Waals surface area contributed by atoms with E-state index in [9.17, 15) is 13.2 Å². The number of nitrogens with one attached hydrogen (secondary N) is 1. The van der Waals surface area contributed by atoms with Gasteiger partial charge >= 0.3 is 0 Å². The highest BCUT2D eigenvalue weighted by molar-refractivity contribution is 7.89. The summed E-state index contributed by atoms with van der Waals surface area (Å²) in [5.74, 6) is -0.278. The third kappa shape index (κ3) is 6.14. The third-order valence-corrected chi connectivity index (χ3v) is 7.09. The van der Waals surface area contributed by atoms with Gasteiger partial charge in [-0.2, -0.15) is 4.31 Å². The van der Waals surface area contributed by atoms with Gasteiger partial charge in [-0.25, -0.2) is 8.42 Å². The number of carbonyl (C=O) groups is 1. The van der Waals surface area contributed by atoms with E-state index in [-0.39, 0.29) is 16.9 Å². The van der Waals surface area contributed by atoms with Crippen molar-refractivity contribution in [1.82, 2.24) is 9.62 Å². The van der Waals surface area contributed by atoms with Crippen LogP contribution in [0.15, 0.2) is 53.4 Å². The lowest BCUT2D eigenvalue weighted by Gasteiger charge is -2.19. The Morgan fingerprint density at radius 3 is 2.40 bits per heavy atom. The summed E-state index contributed by atoms with van der Waals surface area (Å²) in [6.45, 7) is 9.13. The van der Waals surface area contributed by atoms with E-state index in [0.29, 0.717) is 38.2 Å². The van der Waals surface area contributed by atoms with Crippen molar-refractivity contribution < 1.29 is 17.9 Å². The van der Waals surface area contributed by atoms with Crippen molar-refractivity contribution in [2.75, 3.05) is 26.2 Å². The van der Waals surface area contributed by atoms with Crippen LogP contribution >= 0.6 is 0 Å². The molecule has 0 spiro atoms. The molecule has 2 aromatic carbocycles. The predicted octanol–water partition coefficient (Wildman–Crippen LogP) is 3.92. The number of hydrogen-bond donors (Lipinski definition) is 1. The first kappa shape index (κ1) is 24.1. The maximum Gasteiger partial charge on any atom is 0.251 e. The summed E-state index contributed by atoms with van der Waals surface area (Å²) in [5.41, 5.74) is 2.23. The molecular weight excluding hydrogens is 400 g/mol. The molecule has 0 radical (unpaired) electrons. The Kier molecular flexibility index (Phi) is 9.02. The number of rotatable bonds is 11. The van der Waals surface area contributed by atoms with Crippen molar-refractivity contribution in [1.29, 1.82) is 0 Å². The van der Waals surface area contributed by atoms with Crippen LogP contribution in [0.25, 0.3) is 0 Å². The molecule has 6 nitrogen and oxygen atoms in total. The number of sulfonamides is 1. The zero-order valence-electron chi connectivity index (χ0n) is 18.2. The summed E-state index contributed by atoms with van der Waals surface area (Å²) < 4.78 is 32.7. The fourth-order valence-corrected chi connectivity index (χ4v) is 4.65. The quantitative estimate of drug-likeness (QED) is 0.546. The number of benzene rings is 2. The van der Waals surface area contributed by atoms with Crippen LogP contribution in [0.2, 0.25) is 0 Å². The molecular formula is C23H32N2O4S. The van der Waals surface area contributed by atoms with Crippen LogP contribution in [0, 0.1) is 6.92 Å². The highest BCUT2D eigenvalue weighted by atomic mass is 32.2. The topological polar surface area (TPSA) is 75.7 Å². The molecule has 0 aliphatic carbocycles. The van der Waals surface area contributed by atoms with Crippen molar-refractivity contribution in [3.63, 3.8) is 0 Å². The van der Waals surface area contributed by atoms with Crippen molar-refractivity contribution in [3.05, 3.63) is 65.2 Å². The highest BCUT2D eigenvalue weighted by Gasteiger charge is 2.23. The molecule has 2 rings (SSSR count). The Morgan fingerprint density at radius 1 is 1.10 bits per heavy atom. The molecule has 0 saturated carbocycles. The summed E-state index contributed by atoms with van der Waals surface area (Å²) in [5, 5.41) is 2.86. The molecule has 0 saturated heterocycles. The minimum Gasteiger partial charge on any atom is -0.374 e. The second-order valence-corrected chi connectivity index (χ2v) is 9.04. The first-order chi connectivity index (χ1) is 14.3. The zero-order valence-corrected chi connectivity index (χ0v) is 19.0. The molecule has 1 amide bonds. The van der Waals surface area contributed by atoms with Gasteiger partial charge in [0, 0.05) is 31.8 Å². The van der Waals surface area contributed by atoms with Crippen molar-refractivity contribution in [2.45, 2.75) is 45.1 Å². The number of aryl methyl sites for hydroxylation is 1. The second-order valence-electron chi connectivity index (χ2n) is 7.10. The van der Waals surface area contributed by atoms with Crippen LogP contribution in [0.4, 0.5) is 0 Å². The van der Waals surface area contributed by atoms with Gasteiger partial charge in [0.25, 0.3) is 5.91 Å². The molecule has 1 atom stereocenters. The molecule has 164 valence electrons. The summed E-state index contributed by atoms with van der Waals surface area (Å²) in [6, 6.07) is 14.7. The summed E-state index contributed by atoms with van der Waals surface area (Å²) in [6.07, 6.45) is 0.658. The van der Waals surface area contributed by atoms with E-state index in [2.05, 4.69) is 5.32 Å². The third-order valence-electron chi connectivity index (χ3n) is 5.04. The lowest BCUT2D eigenvalue weighted by atomic mass is 10.1. The van der Waals surface area contributed by atoms with Gasteiger partial charge < -0.3 is 10.1 Å². The number of ether oxygens (including phenoxy) is 1. The van der Waals surface area contributed by atoms with Crippen LogP contribution in [-0.4, -0.2) is 44.9 Å². The van der Waals surface area contributed by atoms with Gasteiger partial charge in [-0.1, -0.05) is 50.2 Å². The lowest BCUT2D eigenvalue weighted by Crippen LogP contribution is -2.31. The van der Waals surface area contributed by atoms with Crippen LogP contribution in [0.1, 0.15) is 54.8 Å². The molecule has 0 bridgehead atoms. The molecule has 0 aliphatic rings. The Balaban J connectivity index is 1.92. The first-order valence-corrected chi connectivity index (χ1v) is 11.8. The van der Waals surface area contributed by atoms with Gasteiger partial charge in [0.2, 0.25) is 10.0 Å². The lowest BCUT2D eigenvalue weighted by molar-refractivity contribution is 0.0635. The van der Waals surface area contributed by atoms with Crippen LogP contribution in [0.5, 0.6) is 0 Å². The number of nitrogens with zero attached hydrogens (tertiary/aromatic N) is 1. The number of carbonyl (C=O) groups excluding carboxylic acids is 1. The Labute approximate surface area is 180 Å². The maximum atomic E-state index is 12.7. The van der Waals surface area contributed by atoms with Crippen molar-refractivity contribution in [3.8, 4) is 0 Å². The fourth-order valence-electron chi connectivity index (χ4n) is 3.17. The van der Waals surface area contributed by atoms with Crippen LogP contribution < -0.4 is 5.32 Å². The largest absolute Gasteiger partial charge is 0.374 e. The SMILES string of the molecule is CCN(CC)S(=O)(=O)c1ccc(C)c(C(=O)NCCCOC(C)c2ccccc2)c1. The zero-order chi connectivity index (χ0) is 22.1. The fraction of sp³-hybridized carbons (Fsp3) is 0.435. The standard InChI is InChI=1S/C23H32N2O4S/c1-5-25(6-2)30(27,28)21-14-13-18(3)22(17-21)23(26)24-15-10-16-29-19(4)20-11-8-7-9-12-20/h7-9,11-14,17,19H,5-6,10,15-16H2,1-4H3,(H,24,26). The smallest absolute Gasteiger partial charge is 0.251 e. The molecule has 0 fully saturated rings. The minimum absolute atomic E-state index is 0.00823. The van der Waals surface area contributed by atoms with Crippen LogP contribution in [-0.2, 0) is 14.8 Å². The van der Waals surface area contributed by atoms with Gasteiger partial charge in [0.15, 0.2) is 0 Å². The molecule has 30 heavy (non-hydrogen) atoms. The predicted molar refractivity (Wildman–Crippen MR) is 119 cm³/mol. The second kappa shape index (κ2) is 11.2. The Hall–Kier alpha value is -2.22. The van der Waals surface area contributed by atoms with E-state index in [1.165, 1.54) is 10.4 Å². The molecule has 2 aromatic rings. The maximum absolute atomic E-state index is 12.7. The average Bonchev–Trinajstić information content (AvgIpc) is 2.74. The van der Waals surface area contributed by atoms with Gasteiger partial charge in [-0.05, 0) is 43.5 Å². The van der Waals surface area contributed by atoms with E-state index < -0.39 is 10.0 Å². The average molecular weight is 433 g/mol. The van der Waals surface area contributed by atoms with Gasteiger partial charge in [0.05, 0.1) is 11.0 Å². The van der Waals surface area contributed by atoms with Gasteiger partial charge in [-0.3, -0.25) is 4.79 Å². The van der Waals surface area contributed by atoms with Crippen molar-refractivity contribution >= 4 is 15.9 Å². The number of hydrogen-bond acceptors (Lipinski definition) is 4. The number of amides is 1. The Morgan fingerprint density at radius 2 is 1.77 bits per heavy atom. The monoisotopic (exact) mass is 432 g/mol. The molecule has 1 N–H and O–H groups in total.